The minimum atomic E-state index is -1.06. The van der Waals surface area contributed by atoms with Gasteiger partial charge in [0.2, 0.25) is 0 Å². The Hall–Kier alpha value is -1.65. The highest BCUT2D eigenvalue weighted by atomic mass is 16.5. The van der Waals surface area contributed by atoms with Gasteiger partial charge in [0.15, 0.2) is 0 Å². The number of Topliss-reactive ketones (excluding diaryl/α,β-unsaturated/α-hetero) is 1. The summed E-state index contributed by atoms with van der Waals surface area (Å²) < 4.78 is 5.66. The molecule has 1 saturated carbocycles. The van der Waals surface area contributed by atoms with Crippen LogP contribution in [0.3, 0.4) is 0 Å². The van der Waals surface area contributed by atoms with Crippen LogP contribution in [0.4, 0.5) is 0 Å². The number of hydrogen-bond donors (Lipinski definition) is 2. The van der Waals surface area contributed by atoms with Crippen LogP contribution >= 0.6 is 0 Å². The molecule has 150 valence electrons. The van der Waals surface area contributed by atoms with E-state index in [-0.39, 0.29) is 25.0 Å². The molecule has 1 fully saturated rings. The van der Waals surface area contributed by atoms with E-state index in [4.69, 9.17) is 9.84 Å². The first kappa shape index (κ1) is 21.6. The van der Waals surface area contributed by atoms with Crippen molar-refractivity contribution in [2.45, 2.75) is 63.9 Å². The Morgan fingerprint density at radius 3 is 2.59 bits per heavy atom. The van der Waals surface area contributed by atoms with Crippen molar-refractivity contribution in [3.8, 4) is 5.75 Å². The second-order valence-corrected chi connectivity index (χ2v) is 7.87. The van der Waals surface area contributed by atoms with Gasteiger partial charge < -0.3 is 14.9 Å². The van der Waals surface area contributed by atoms with Crippen molar-refractivity contribution in [2.75, 3.05) is 13.2 Å². The third-order valence-electron chi connectivity index (χ3n) is 5.30. The maximum atomic E-state index is 12.2. The molecular formula is C23H34O4. The monoisotopic (exact) mass is 374 g/mol. The van der Waals surface area contributed by atoms with E-state index in [1.807, 2.05) is 36.4 Å². The van der Waals surface area contributed by atoms with E-state index in [1.54, 1.807) is 13.0 Å². The van der Waals surface area contributed by atoms with Crippen LogP contribution in [0.25, 0.3) is 0 Å². The Balaban J connectivity index is 1.79. The predicted octanol–water partition coefficient (Wildman–Crippen LogP) is 4.30. The van der Waals surface area contributed by atoms with Gasteiger partial charge in [-0.25, -0.2) is 0 Å². The summed E-state index contributed by atoms with van der Waals surface area (Å²) in [6.07, 6.45) is 11.5. The molecule has 2 N–H and O–H groups in total. The third-order valence-corrected chi connectivity index (χ3v) is 5.30. The van der Waals surface area contributed by atoms with Crippen molar-refractivity contribution in [3.05, 3.63) is 42.5 Å². The lowest BCUT2D eigenvalue weighted by molar-refractivity contribution is -0.121. The van der Waals surface area contributed by atoms with Crippen LogP contribution in [0.5, 0.6) is 5.75 Å². The normalized spacial score (nSPS) is 22.3. The molecule has 3 unspecified atom stereocenters. The highest BCUT2D eigenvalue weighted by Gasteiger charge is 2.33. The van der Waals surface area contributed by atoms with Crippen LogP contribution in [-0.4, -0.2) is 34.8 Å². The second-order valence-electron chi connectivity index (χ2n) is 7.87. The number of allylic oxidation sites excluding steroid dienone is 1. The van der Waals surface area contributed by atoms with E-state index in [2.05, 4.69) is 0 Å². The molecule has 3 atom stereocenters. The maximum absolute atomic E-state index is 12.2. The summed E-state index contributed by atoms with van der Waals surface area (Å²) in [4.78, 5) is 12.2. The van der Waals surface area contributed by atoms with Crippen molar-refractivity contribution >= 4 is 5.78 Å². The molecule has 1 aliphatic rings. The molecule has 27 heavy (non-hydrogen) atoms. The Morgan fingerprint density at radius 2 is 1.85 bits per heavy atom. The molecule has 0 bridgehead atoms. The fraction of sp³-hybridized carbons (Fsp3) is 0.609. The number of aliphatic hydroxyl groups excluding tert-OH is 1. The van der Waals surface area contributed by atoms with Gasteiger partial charge in [-0.1, -0.05) is 56.0 Å². The van der Waals surface area contributed by atoms with Crippen molar-refractivity contribution in [2.24, 2.45) is 11.8 Å². The first-order chi connectivity index (χ1) is 13.0. The lowest BCUT2D eigenvalue weighted by Crippen LogP contribution is -2.30. The number of ether oxygens (including phenoxy) is 1. The van der Waals surface area contributed by atoms with E-state index < -0.39 is 5.60 Å². The lowest BCUT2D eigenvalue weighted by Gasteiger charge is -2.21. The van der Waals surface area contributed by atoms with Gasteiger partial charge in [0.05, 0.1) is 0 Å². The second kappa shape index (κ2) is 11.3. The zero-order chi connectivity index (χ0) is 19.5. The zero-order valence-electron chi connectivity index (χ0n) is 16.5. The molecule has 1 aliphatic carbocycles. The number of benzene rings is 1. The molecular weight excluding hydrogens is 340 g/mol. The van der Waals surface area contributed by atoms with E-state index >= 15 is 0 Å². The summed E-state index contributed by atoms with van der Waals surface area (Å²) in [5, 5.41) is 19.4. The highest BCUT2D eigenvalue weighted by Crippen LogP contribution is 2.34. The van der Waals surface area contributed by atoms with Crippen LogP contribution in [0.15, 0.2) is 42.5 Å². The summed E-state index contributed by atoms with van der Waals surface area (Å²) in [6, 6.07) is 9.46. The van der Waals surface area contributed by atoms with Gasteiger partial charge in [-0.15, -0.1) is 0 Å². The minimum absolute atomic E-state index is 0.0879. The number of ketones is 1. The number of rotatable bonds is 12. The number of para-hydroxylation sites is 1. The molecule has 2 rings (SSSR count). The van der Waals surface area contributed by atoms with Gasteiger partial charge in [0, 0.05) is 18.9 Å². The molecule has 4 nitrogen and oxygen atoms in total. The third kappa shape index (κ3) is 7.86. The number of hydrogen-bond acceptors (Lipinski definition) is 4. The van der Waals surface area contributed by atoms with Gasteiger partial charge >= 0.3 is 0 Å². The van der Waals surface area contributed by atoms with Gasteiger partial charge in [0.25, 0.3) is 0 Å². The van der Waals surface area contributed by atoms with Gasteiger partial charge in [-0.2, -0.15) is 0 Å². The molecule has 0 saturated heterocycles. The topological polar surface area (TPSA) is 66.8 Å². The smallest absolute Gasteiger partial charge is 0.136 e. The zero-order valence-corrected chi connectivity index (χ0v) is 16.5. The molecule has 1 aromatic rings. The van der Waals surface area contributed by atoms with Crippen molar-refractivity contribution in [1.29, 1.82) is 0 Å². The molecule has 0 amide bonds. The molecule has 0 radical (unpaired) electrons. The molecule has 0 spiro atoms. The Labute approximate surface area is 163 Å². The number of aliphatic hydroxyl groups is 2. The summed E-state index contributed by atoms with van der Waals surface area (Å²) in [5.74, 6) is 1.41. The van der Waals surface area contributed by atoms with Crippen molar-refractivity contribution < 1.29 is 19.7 Å². The molecule has 0 aromatic heterocycles. The Kier molecular flexibility index (Phi) is 9.02. The first-order valence-corrected chi connectivity index (χ1v) is 10.2. The van der Waals surface area contributed by atoms with Crippen LogP contribution in [-0.2, 0) is 4.79 Å². The molecule has 1 aromatic carbocycles. The number of carbonyl (C=O) groups excluding carboxylic acids is 1. The lowest BCUT2D eigenvalue weighted by atomic mass is 9.88. The maximum Gasteiger partial charge on any atom is 0.136 e. The van der Waals surface area contributed by atoms with Crippen molar-refractivity contribution in [3.63, 3.8) is 0 Å². The fourth-order valence-electron chi connectivity index (χ4n) is 3.67. The van der Waals surface area contributed by atoms with Crippen LogP contribution in [0.1, 0.15) is 58.3 Å². The molecule has 0 heterocycles. The summed E-state index contributed by atoms with van der Waals surface area (Å²) in [5.41, 5.74) is -1.06. The van der Waals surface area contributed by atoms with Crippen molar-refractivity contribution in [1.82, 2.24) is 0 Å². The van der Waals surface area contributed by atoms with Crippen LogP contribution < -0.4 is 4.74 Å². The van der Waals surface area contributed by atoms with Gasteiger partial charge in [0.1, 0.15) is 23.7 Å². The van der Waals surface area contributed by atoms with Crippen LogP contribution in [0, 0.1) is 11.8 Å². The summed E-state index contributed by atoms with van der Waals surface area (Å²) in [6.45, 7) is 2.19. The quantitative estimate of drug-likeness (QED) is 0.423. The first-order valence-electron chi connectivity index (χ1n) is 10.2. The summed E-state index contributed by atoms with van der Waals surface area (Å²) in [7, 11) is 0. The molecule has 0 aliphatic heterocycles. The SMILES string of the molecule is CC(O)(/C=C/C1CCC(=O)C1CCCCCCCO)COc1ccccc1. The average molecular weight is 375 g/mol. The standard InChI is InChI=1S/C23H34O4/c1-23(26,18-27-20-10-6-5-7-11-20)16-15-19-13-14-22(25)21(19)12-8-3-2-4-9-17-24/h5-7,10-11,15-16,19,21,24,26H,2-4,8-9,12-14,17-18H2,1H3/b16-15+. The predicted molar refractivity (Wildman–Crippen MR) is 108 cm³/mol. The molecule has 4 heteroatoms. The minimum Gasteiger partial charge on any atom is -0.490 e. The van der Waals surface area contributed by atoms with Gasteiger partial charge in [-0.05, 0) is 44.2 Å². The van der Waals surface area contributed by atoms with Gasteiger partial charge in [-0.3, -0.25) is 4.79 Å². The van der Waals surface area contributed by atoms with E-state index in [9.17, 15) is 9.90 Å². The average Bonchev–Trinajstić information content (AvgIpc) is 3.02. The van der Waals surface area contributed by atoms with Crippen LogP contribution in [0.2, 0.25) is 0 Å². The highest BCUT2D eigenvalue weighted by molar-refractivity contribution is 5.83. The number of unbranched alkanes of at least 4 members (excludes halogenated alkanes) is 4. The fourth-order valence-corrected chi connectivity index (χ4v) is 3.67. The Bertz CT molecular complexity index is 579. The van der Waals surface area contributed by atoms with E-state index in [0.29, 0.717) is 12.2 Å². The van der Waals surface area contributed by atoms with E-state index in [1.165, 1.54) is 0 Å². The Morgan fingerprint density at radius 1 is 1.15 bits per heavy atom. The summed E-state index contributed by atoms with van der Waals surface area (Å²) >= 11 is 0. The largest absolute Gasteiger partial charge is 0.490 e. The number of carbonyl (C=O) groups is 1. The van der Waals surface area contributed by atoms with E-state index in [0.717, 1.165) is 50.7 Å².